The van der Waals surface area contributed by atoms with Crippen LogP contribution in [0, 0.1) is 0 Å². The maximum atomic E-state index is 12.3. The molecule has 2 aromatic rings. The third-order valence-corrected chi connectivity index (χ3v) is 3.58. The molecular formula is C18H19F2NO4. The molecule has 7 heteroatoms. The van der Waals surface area contributed by atoms with E-state index in [0.29, 0.717) is 6.61 Å². The Bertz CT molecular complexity index is 692. The summed E-state index contributed by atoms with van der Waals surface area (Å²) >= 11 is 0. The maximum Gasteiger partial charge on any atom is 0.404 e. The molecule has 5 nitrogen and oxygen atoms in total. The zero-order chi connectivity index (χ0) is 18.2. The number of amides is 1. The summed E-state index contributed by atoms with van der Waals surface area (Å²) < 4.78 is 39.0. The second-order valence-electron chi connectivity index (χ2n) is 5.31. The van der Waals surface area contributed by atoms with Gasteiger partial charge in [-0.15, -0.1) is 0 Å². The Morgan fingerprint density at radius 3 is 2.44 bits per heavy atom. The summed E-state index contributed by atoms with van der Waals surface area (Å²) in [5.74, 6) is -0.0161. The molecule has 0 aliphatic heterocycles. The summed E-state index contributed by atoms with van der Waals surface area (Å²) in [7, 11) is 1.58. The van der Waals surface area contributed by atoms with Gasteiger partial charge >= 0.3 is 12.7 Å². The summed E-state index contributed by atoms with van der Waals surface area (Å²) in [6.45, 7) is -2.39. The van der Waals surface area contributed by atoms with E-state index in [2.05, 4.69) is 4.74 Å². The van der Waals surface area contributed by atoms with E-state index < -0.39 is 12.7 Å². The van der Waals surface area contributed by atoms with Crippen LogP contribution in [0.5, 0.6) is 5.75 Å². The second kappa shape index (κ2) is 8.98. The van der Waals surface area contributed by atoms with Crippen molar-refractivity contribution >= 4 is 6.09 Å². The van der Waals surface area contributed by atoms with Gasteiger partial charge in [0.25, 0.3) is 0 Å². The van der Waals surface area contributed by atoms with Crippen LogP contribution in [0.2, 0.25) is 0 Å². The highest BCUT2D eigenvalue weighted by molar-refractivity contribution is 5.64. The Hall–Kier alpha value is -2.67. The van der Waals surface area contributed by atoms with Crippen molar-refractivity contribution in [2.75, 3.05) is 13.7 Å². The molecule has 0 radical (unpaired) electrons. The standard InChI is InChI=1S/C18H19F2NO4/c1-23-11-16(13-5-7-15(8-6-13)25-17(19)20)14-4-2-3-12(9-14)10-24-18(21)22/h2-9,16-17H,10-11H2,1H3,(H2,21,22). The predicted octanol–water partition coefficient (Wildman–Crippen LogP) is 3.66. The number of methoxy groups -OCH3 is 1. The molecule has 1 unspecified atom stereocenters. The van der Waals surface area contributed by atoms with E-state index in [1.54, 1.807) is 19.2 Å². The molecule has 0 aliphatic rings. The Labute approximate surface area is 144 Å². The highest BCUT2D eigenvalue weighted by Gasteiger charge is 2.15. The van der Waals surface area contributed by atoms with Crippen molar-refractivity contribution in [2.45, 2.75) is 19.1 Å². The summed E-state index contributed by atoms with van der Waals surface area (Å²) in [5.41, 5.74) is 7.59. The van der Waals surface area contributed by atoms with Crippen LogP contribution in [0.4, 0.5) is 13.6 Å². The van der Waals surface area contributed by atoms with Gasteiger partial charge in [-0.3, -0.25) is 0 Å². The number of carbonyl (C=O) groups excluding carboxylic acids is 1. The fourth-order valence-corrected chi connectivity index (χ4v) is 2.49. The lowest BCUT2D eigenvalue weighted by Crippen LogP contribution is -2.13. The molecule has 0 bridgehead atoms. The molecule has 1 amide bonds. The van der Waals surface area contributed by atoms with Crippen molar-refractivity contribution in [1.82, 2.24) is 0 Å². The van der Waals surface area contributed by atoms with Crippen LogP contribution in [0.15, 0.2) is 48.5 Å². The fourth-order valence-electron chi connectivity index (χ4n) is 2.49. The number of rotatable bonds is 8. The molecule has 134 valence electrons. The monoisotopic (exact) mass is 351 g/mol. The highest BCUT2D eigenvalue weighted by Crippen LogP contribution is 2.28. The average molecular weight is 351 g/mol. The molecule has 25 heavy (non-hydrogen) atoms. The Morgan fingerprint density at radius 2 is 1.84 bits per heavy atom. The van der Waals surface area contributed by atoms with Gasteiger partial charge in [-0.2, -0.15) is 8.78 Å². The van der Waals surface area contributed by atoms with Gasteiger partial charge < -0.3 is 19.9 Å². The number of halogens is 2. The molecule has 0 saturated carbocycles. The van der Waals surface area contributed by atoms with E-state index in [4.69, 9.17) is 15.2 Å². The topological polar surface area (TPSA) is 70.8 Å². The number of primary amides is 1. The van der Waals surface area contributed by atoms with Crippen molar-refractivity contribution in [2.24, 2.45) is 5.73 Å². The zero-order valence-corrected chi connectivity index (χ0v) is 13.7. The van der Waals surface area contributed by atoms with Crippen LogP contribution in [0.3, 0.4) is 0 Å². The van der Waals surface area contributed by atoms with Gasteiger partial charge in [0.1, 0.15) is 12.4 Å². The normalized spacial score (nSPS) is 12.0. The lowest BCUT2D eigenvalue weighted by atomic mass is 9.91. The molecule has 0 aromatic heterocycles. The van der Waals surface area contributed by atoms with E-state index >= 15 is 0 Å². The van der Waals surface area contributed by atoms with Crippen LogP contribution >= 0.6 is 0 Å². The average Bonchev–Trinajstić information content (AvgIpc) is 2.58. The third kappa shape index (κ3) is 5.72. The van der Waals surface area contributed by atoms with E-state index in [0.717, 1.165) is 16.7 Å². The van der Waals surface area contributed by atoms with Crippen LogP contribution in [-0.4, -0.2) is 26.4 Å². The lowest BCUT2D eigenvalue weighted by molar-refractivity contribution is -0.0498. The number of nitrogens with two attached hydrogens (primary N) is 1. The quantitative estimate of drug-likeness (QED) is 0.788. The smallest absolute Gasteiger partial charge is 0.404 e. The van der Waals surface area contributed by atoms with E-state index in [1.807, 2.05) is 24.3 Å². The molecule has 0 saturated heterocycles. The largest absolute Gasteiger partial charge is 0.445 e. The molecule has 0 aliphatic carbocycles. The van der Waals surface area contributed by atoms with E-state index in [1.165, 1.54) is 12.1 Å². The van der Waals surface area contributed by atoms with Crippen LogP contribution in [0.1, 0.15) is 22.6 Å². The van der Waals surface area contributed by atoms with Gasteiger partial charge in [-0.25, -0.2) is 4.79 Å². The SMILES string of the molecule is COCC(c1ccc(OC(F)F)cc1)c1cccc(COC(N)=O)c1. The highest BCUT2D eigenvalue weighted by atomic mass is 19.3. The zero-order valence-electron chi connectivity index (χ0n) is 13.7. The van der Waals surface area contributed by atoms with Crippen molar-refractivity contribution in [3.8, 4) is 5.75 Å². The van der Waals surface area contributed by atoms with Crippen molar-refractivity contribution in [1.29, 1.82) is 0 Å². The third-order valence-electron chi connectivity index (χ3n) is 3.58. The Kier molecular flexibility index (Phi) is 6.71. The summed E-state index contributed by atoms with van der Waals surface area (Å²) in [6.07, 6.45) is -0.839. The number of hydrogen-bond donors (Lipinski definition) is 1. The second-order valence-corrected chi connectivity index (χ2v) is 5.31. The predicted molar refractivity (Wildman–Crippen MR) is 87.6 cm³/mol. The van der Waals surface area contributed by atoms with Crippen molar-refractivity contribution in [3.05, 3.63) is 65.2 Å². The lowest BCUT2D eigenvalue weighted by Gasteiger charge is -2.18. The van der Waals surface area contributed by atoms with E-state index in [-0.39, 0.29) is 18.3 Å². The first-order valence-corrected chi connectivity index (χ1v) is 7.54. The minimum Gasteiger partial charge on any atom is -0.445 e. The summed E-state index contributed by atoms with van der Waals surface area (Å²) in [6, 6.07) is 13.9. The van der Waals surface area contributed by atoms with Crippen molar-refractivity contribution < 1.29 is 27.8 Å². The van der Waals surface area contributed by atoms with Crippen LogP contribution in [0.25, 0.3) is 0 Å². The molecule has 0 heterocycles. The first-order valence-electron chi connectivity index (χ1n) is 7.54. The molecule has 2 N–H and O–H groups in total. The minimum atomic E-state index is -2.86. The molecule has 0 fully saturated rings. The fraction of sp³-hybridized carbons (Fsp3) is 0.278. The van der Waals surface area contributed by atoms with Crippen LogP contribution in [-0.2, 0) is 16.1 Å². The number of ether oxygens (including phenoxy) is 3. The van der Waals surface area contributed by atoms with Gasteiger partial charge in [0.15, 0.2) is 0 Å². The summed E-state index contributed by atoms with van der Waals surface area (Å²) in [4.78, 5) is 10.7. The molecular weight excluding hydrogens is 332 g/mol. The number of carbonyl (C=O) groups is 1. The molecule has 0 spiro atoms. The molecule has 1 atom stereocenters. The molecule has 2 aromatic carbocycles. The van der Waals surface area contributed by atoms with Gasteiger partial charge in [0.05, 0.1) is 6.61 Å². The Morgan fingerprint density at radius 1 is 1.12 bits per heavy atom. The van der Waals surface area contributed by atoms with Gasteiger partial charge in [0.2, 0.25) is 0 Å². The number of alkyl halides is 2. The van der Waals surface area contributed by atoms with Gasteiger partial charge in [0, 0.05) is 13.0 Å². The number of benzene rings is 2. The minimum absolute atomic E-state index is 0.0735. The Balaban J connectivity index is 2.22. The first-order chi connectivity index (χ1) is 12.0. The van der Waals surface area contributed by atoms with Crippen LogP contribution < -0.4 is 10.5 Å². The summed E-state index contributed by atoms with van der Waals surface area (Å²) in [5, 5.41) is 0. The van der Waals surface area contributed by atoms with Gasteiger partial charge in [-0.05, 0) is 28.8 Å². The van der Waals surface area contributed by atoms with Crippen molar-refractivity contribution in [3.63, 3.8) is 0 Å². The van der Waals surface area contributed by atoms with E-state index in [9.17, 15) is 13.6 Å². The first kappa shape index (κ1) is 18.7. The number of hydrogen-bond acceptors (Lipinski definition) is 4. The van der Waals surface area contributed by atoms with Gasteiger partial charge in [-0.1, -0.05) is 36.4 Å². The maximum absolute atomic E-state index is 12.3. The molecule has 2 rings (SSSR count).